The van der Waals surface area contributed by atoms with E-state index < -0.39 is 0 Å². The fourth-order valence-electron chi connectivity index (χ4n) is 3.34. The highest BCUT2D eigenvalue weighted by Crippen LogP contribution is 2.33. The molecule has 0 saturated carbocycles. The van der Waals surface area contributed by atoms with E-state index in [9.17, 15) is 9.59 Å². The largest absolute Gasteiger partial charge is 0.385 e. The highest BCUT2D eigenvalue weighted by atomic mass is 32.2. The molecule has 164 valence electrons. The Morgan fingerprint density at radius 1 is 1.16 bits per heavy atom. The summed E-state index contributed by atoms with van der Waals surface area (Å²) in [6.07, 6.45) is 3.94. The molecular weight excluding hydrogens is 444 g/mol. The van der Waals surface area contributed by atoms with Gasteiger partial charge in [-0.2, -0.15) is 0 Å². The minimum atomic E-state index is -0.254. The molecule has 0 bridgehead atoms. The van der Waals surface area contributed by atoms with Gasteiger partial charge in [0.05, 0.1) is 10.5 Å². The number of fused-ring (bicyclic) bond motifs is 1. The SMILES string of the molecule is COCCCN1C(=O)C(=Cc2c(NCc3ccccc3)nc3ccccn3c2=O)SC1=S. The highest BCUT2D eigenvalue weighted by Gasteiger charge is 2.32. The van der Waals surface area contributed by atoms with Crippen LogP contribution < -0.4 is 10.9 Å². The van der Waals surface area contributed by atoms with Gasteiger partial charge in [0, 0.05) is 33.0 Å². The van der Waals surface area contributed by atoms with Gasteiger partial charge in [0.15, 0.2) is 0 Å². The molecule has 3 heterocycles. The quantitative estimate of drug-likeness (QED) is 0.309. The zero-order chi connectivity index (χ0) is 22.5. The van der Waals surface area contributed by atoms with Crippen molar-refractivity contribution < 1.29 is 9.53 Å². The number of pyridine rings is 1. The van der Waals surface area contributed by atoms with E-state index in [2.05, 4.69) is 10.3 Å². The Hall–Kier alpha value is -3.01. The van der Waals surface area contributed by atoms with E-state index >= 15 is 0 Å². The Morgan fingerprint density at radius 2 is 1.94 bits per heavy atom. The van der Waals surface area contributed by atoms with Crippen LogP contribution in [0.5, 0.6) is 0 Å². The molecular formula is C23H22N4O3S2. The third kappa shape index (κ3) is 4.74. The first-order valence-electron chi connectivity index (χ1n) is 10.1. The van der Waals surface area contributed by atoms with Crippen molar-refractivity contribution in [3.8, 4) is 0 Å². The number of carbonyl (C=O) groups excluding carboxylic acids is 1. The van der Waals surface area contributed by atoms with E-state index in [0.29, 0.717) is 52.4 Å². The normalized spacial score (nSPS) is 15.2. The number of nitrogens with zero attached hydrogens (tertiary/aromatic N) is 3. The van der Waals surface area contributed by atoms with Crippen molar-refractivity contribution in [2.24, 2.45) is 0 Å². The summed E-state index contributed by atoms with van der Waals surface area (Å²) in [7, 11) is 1.62. The molecule has 1 aliphatic heterocycles. The molecule has 0 unspecified atom stereocenters. The van der Waals surface area contributed by atoms with Gasteiger partial charge in [-0.25, -0.2) is 4.98 Å². The molecule has 0 atom stereocenters. The lowest BCUT2D eigenvalue weighted by atomic mass is 10.2. The lowest BCUT2D eigenvalue weighted by Gasteiger charge is -2.13. The third-order valence-electron chi connectivity index (χ3n) is 4.95. The summed E-state index contributed by atoms with van der Waals surface area (Å²) >= 11 is 6.59. The maximum Gasteiger partial charge on any atom is 0.267 e. The summed E-state index contributed by atoms with van der Waals surface area (Å²) in [6, 6.07) is 15.2. The Bertz CT molecular complexity index is 1240. The molecule has 3 aromatic rings. The van der Waals surface area contributed by atoms with E-state index in [1.165, 1.54) is 16.2 Å². The third-order valence-corrected chi connectivity index (χ3v) is 6.33. The summed E-state index contributed by atoms with van der Waals surface area (Å²) < 4.78 is 7.02. The maximum atomic E-state index is 13.3. The number of carbonyl (C=O) groups is 1. The molecule has 1 aromatic carbocycles. The molecule has 0 radical (unpaired) electrons. The van der Waals surface area contributed by atoms with Gasteiger partial charge in [-0.05, 0) is 30.2 Å². The van der Waals surface area contributed by atoms with Crippen LogP contribution in [-0.2, 0) is 16.1 Å². The van der Waals surface area contributed by atoms with Crippen LogP contribution in [0.15, 0.2) is 64.4 Å². The van der Waals surface area contributed by atoms with Crippen molar-refractivity contribution >= 4 is 51.7 Å². The number of amides is 1. The average Bonchev–Trinajstić information content (AvgIpc) is 3.08. The fraction of sp³-hybridized carbons (Fsp3) is 0.217. The van der Waals surface area contributed by atoms with Crippen molar-refractivity contribution in [1.29, 1.82) is 0 Å². The first kappa shape index (κ1) is 22.2. The zero-order valence-corrected chi connectivity index (χ0v) is 19.1. The molecule has 1 fully saturated rings. The second kappa shape index (κ2) is 10.1. The number of ether oxygens (including phenoxy) is 1. The van der Waals surface area contributed by atoms with Gasteiger partial charge in [-0.3, -0.25) is 18.9 Å². The van der Waals surface area contributed by atoms with Crippen LogP contribution in [-0.4, -0.2) is 44.8 Å². The van der Waals surface area contributed by atoms with Crippen LogP contribution in [0.4, 0.5) is 5.82 Å². The number of nitrogens with one attached hydrogen (secondary N) is 1. The van der Waals surface area contributed by atoms with Crippen molar-refractivity contribution in [3.63, 3.8) is 0 Å². The van der Waals surface area contributed by atoms with Crippen LogP contribution >= 0.6 is 24.0 Å². The number of methoxy groups -OCH3 is 1. The monoisotopic (exact) mass is 466 g/mol. The number of aromatic nitrogens is 2. The van der Waals surface area contributed by atoms with Gasteiger partial charge in [0.25, 0.3) is 11.5 Å². The zero-order valence-electron chi connectivity index (χ0n) is 17.5. The molecule has 0 aliphatic carbocycles. The molecule has 4 rings (SSSR count). The lowest BCUT2D eigenvalue weighted by Crippen LogP contribution is -2.29. The molecule has 1 saturated heterocycles. The van der Waals surface area contributed by atoms with E-state index in [1.54, 1.807) is 36.4 Å². The number of hydrogen-bond acceptors (Lipinski definition) is 7. The number of anilines is 1. The molecule has 9 heteroatoms. The number of thioether (sulfide) groups is 1. The van der Waals surface area contributed by atoms with Crippen LogP contribution in [0.2, 0.25) is 0 Å². The van der Waals surface area contributed by atoms with Crippen molar-refractivity contribution in [1.82, 2.24) is 14.3 Å². The van der Waals surface area contributed by atoms with Crippen molar-refractivity contribution in [2.75, 3.05) is 25.6 Å². The molecule has 7 nitrogen and oxygen atoms in total. The molecule has 0 spiro atoms. The van der Waals surface area contributed by atoms with Gasteiger partial charge >= 0.3 is 0 Å². The molecule has 1 N–H and O–H groups in total. The topological polar surface area (TPSA) is 75.9 Å². The van der Waals surface area contributed by atoms with Gasteiger partial charge in [0.2, 0.25) is 0 Å². The highest BCUT2D eigenvalue weighted by molar-refractivity contribution is 8.26. The van der Waals surface area contributed by atoms with Crippen molar-refractivity contribution in [3.05, 3.63) is 81.1 Å². The Labute approximate surface area is 195 Å². The van der Waals surface area contributed by atoms with Gasteiger partial charge < -0.3 is 10.1 Å². The first-order valence-corrected chi connectivity index (χ1v) is 11.3. The summed E-state index contributed by atoms with van der Waals surface area (Å²) in [5, 5.41) is 3.26. The molecule has 1 amide bonds. The minimum Gasteiger partial charge on any atom is -0.385 e. The Kier molecular flexibility index (Phi) is 6.99. The fourth-order valence-corrected chi connectivity index (χ4v) is 4.63. The second-order valence-electron chi connectivity index (χ2n) is 7.13. The molecule has 32 heavy (non-hydrogen) atoms. The number of benzene rings is 1. The summed E-state index contributed by atoms with van der Waals surface area (Å²) in [5.41, 5.74) is 1.65. The Morgan fingerprint density at radius 3 is 2.72 bits per heavy atom. The van der Waals surface area contributed by atoms with Gasteiger partial charge in [0.1, 0.15) is 15.8 Å². The van der Waals surface area contributed by atoms with Gasteiger partial charge in [-0.1, -0.05) is 60.4 Å². The summed E-state index contributed by atoms with van der Waals surface area (Å²) in [4.78, 5) is 32.8. The van der Waals surface area contributed by atoms with E-state index in [0.717, 1.165) is 5.56 Å². The smallest absolute Gasteiger partial charge is 0.267 e. The maximum absolute atomic E-state index is 13.3. The van der Waals surface area contributed by atoms with Gasteiger partial charge in [-0.15, -0.1) is 0 Å². The van der Waals surface area contributed by atoms with Crippen LogP contribution in [0.3, 0.4) is 0 Å². The van der Waals surface area contributed by atoms with E-state index in [4.69, 9.17) is 17.0 Å². The molecule has 1 aliphatic rings. The van der Waals surface area contributed by atoms with Crippen LogP contribution in [0.25, 0.3) is 11.7 Å². The average molecular weight is 467 g/mol. The first-order chi connectivity index (χ1) is 15.6. The standard InChI is InChI=1S/C23H22N4O3S2/c1-30-13-7-12-27-22(29)18(32-23(27)31)14-17-20(24-15-16-8-3-2-4-9-16)25-19-10-5-6-11-26(19)21(17)28/h2-6,8-11,14,24H,7,12-13,15H2,1H3. The van der Waals surface area contributed by atoms with E-state index in [-0.39, 0.29) is 11.5 Å². The van der Waals surface area contributed by atoms with Crippen molar-refractivity contribution in [2.45, 2.75) is 13.0 Å². The summed E-state index contributed by atoms with van der Waals surface area (Å²) in [6.45, 7) is 1.51. The number of thiocarbonyl (C=S) groups is 1. The molecule has 2 aromatic heterocycles. The lowest BCUT2D eigenvalue weighted by molar-refractivity contribution is -0.122. The minimum absolute atomic E-state index is 0.206. The van der Waals surface area contributed by atoms with Crippen LogP contribution in [0, 0.1) is 0 Å². The van der Waals surface area contributed by atoms with Crippen LogP contribution in [0.1, 0.15) is 17.5 Å². The second-order valence-corrected chi connectivity index (χ2v) is 8.80. The predicted octanol–water partition coefficient (Wildman–Crippen LogP) is 3.54. The predicted molar refractivity (Wildman–Crippen MR) is 132 cm³/mol. The van der Waals surface area contributed by atoms with E-state index in [1.807, 2.05) is 36.4 Å². The Balaban J connectivity index is 1.70. The number of hydrogen-bond donors (Lipinski definition) is 1. The summed E-state index contributed by atoms with van der Waals surface area (Å²) in [5.74, 6) is 0.220. The number of rotatable bonds is 8.